The second kappa shape index (κ2) is 5.04. The van der Waals surface area contributed by atoms with E-state index in [0.717, 1.165) is 19.0 Å². The van der Waals surface area contributed by atoms with E-state index in [4.69, 9.17) is 0 Å². The van der Waals surface area contributed by atoms with E-state index in [1.54, 1.807) is 12.1 Å². The van der Waals surface area contributed by atoms with Crippen molar-refractivity contribution in [1.82, 2.24) is 5.32 Å². The van der Waals surface area contributed by atoms with Gasteiger partial charge in [0.05, 0.1) is 5.56 Å². The zero-order valence-corrected chi connectivity index (χ0v) is 11.2. The van der Waals surface area contributed by atoms with Crippen LogP contribution in [0.1, 0.15) is 18.9 Å². The van der Waals surface area contributed by atoms with Gasteiger partial charge in [0.2, 0.25) is 0 Å². The number of hydrogen-bond donors (Lipinski definition) is 1. The van der Waals surface area contributed by atoms with Crippen LogP contribution in [-0.2, 0) is 6.18 Å². The first-order chi connectivity index (χ1) is 8.86. The highest BCUT2D eigenvalue weighted by molar-refractivity contribution is 5.56. The summed E-state index contributed by atoms with van der Waals surface area (Å²) in [6.45, 7) is 4.25. The Morgan fingerprint density at radius 1 is 1.32 bits per heavy atom. The van der Waals surface area contributed by atoms with E-state index in [1.807, 2.05) is 11.9 Å². The Balaban J connectivity index is 2.25. The molecular formula is C14H19F3N2. The molecule has 0 aliphatic carbocycles. The molecule has 0 bridgehead atoms. The minimum atomic E-state index is -4.29. The van der Waals surface area contributed by atoms with Gasteiger partial charge in [-0.05, 0) is 31.0 Å². The predicted octanol–water partition coefficient (Wildman–Crippen LogP) is 3.14. The molecular weight excluding hydrogens is 253 g/mol. The third-order valence-corrected chi connectivity index (χ3v) is 3.71. The normalized spacial score (nSPS) is 23.9. The van der Waals surface area contributed by atoms with Crippen LogP contribution < -0.4 is 10.2 Å². The Morgan fingerprint density at radius 3 is 2.63 bits per heavy atom. The fraction of sp³-hybridized carbons (Fsp3) is 0.571. The first-order valence-corrected chi connectivity index (χ1v) is 6.41. The number of para-hydroxylation sites is 1. The third kappa shape index (κ3) is 3.03. The molecule has 1 aromatic carbocycles. The zero-order chi connectivity index (χ0) is 14.1. The highest BCUT2D eigenvalue weighted by Gasteiger charge is 2.38. The van der Waals surface area contributed by atoms with Crippen LogP contribution in [0.4, 0.5) is 18.9 Å². The standard InChI is InChI=1S/C14H19F3N2/c1-13(9-18-2)7-8-19(10-13)12-6-4-3-5-11(12)14(15,16)17/h3-6,18H,7-10H2,1-2H3. The lowest BCUT2D eigenvalue weighted by Crippen LogP contribution is -2.33. The van der Waals surface area contributed by atoms with Crippen molar-refractivity contribution in [3.8, 4) is 0 Å². The molecule has 0 aromatic heterocycles. The molecule has 5 heteroatoms. The Labute approximate surface area is 111 Å². The number of benzene rings is 1. The van der Waals surface area contributed by atoms with Gasteiger partial charge in [0.15, 0.2) is 0 Å². The third-order valence-electron chi connectivity index (χ3n) is 3.71. The summed E-state index contributed by atoms with van der Waals surface area (Å²) in [6, 6.07) is 5.82. The van der Waals surface area contributed by atoms with Gasteiger partial charge in [-0.2, -0.15) is 13.2 Å². The summed E-state index contributed by atoms with van der Waals surface area (Å²) in [5.41, 5.74) is -0.202. The van der Waals surface area contributed by atoms with Crippen molar-refractivity contribution in [2.45, 2.75) is 19.5 Å². The maximum atomic E-state index is 13.0. The lowest BCUT2D eigenvalue weighted by molar-refractivity contribution is -0.137. The van der Waals surface area contributed by atoms with E-state index in [2.05, 4.69) is 12.2 Å². The Hall–Kier alpha value is -1.23. The van der Waals surface area contributed by atoms with Crippen LogP contribution in [0.2, 0.25) is 0 Å². The predicted molar refractivity (Wildman–Crippen MR) is 70.3 cm³/mol. The first kappa shape index (κ1) is 14.2. The van der Waals surface area contributed by atoms with Crippen molar-refractivity contribution in [1.29, 1.82) is 0 Å². The van der Waals surface area contributed by atoms with Gasteiger partial charge >= 0.3 is 6.18 Å². The fourth-order valence-corrected chi connectivity index (χ4v) is 2.79. The van der Waals surface area contributed by atoms with Gasteiger partial charge in [-0.1, -0.05) is 19.1 Å². The van der Waals surface area contributed by atoms with Crippen molar-refractivity contribution >= 4 is 5.69 Å². The van der Waals surface area contributed by atoms with Crippen LogP contribution in [0.15, 0.2) is 24.3 Å². The number of hydrogen-bond acceptors (Lipinski definition) is 2. The summed E-state index contributed by atoms with van der Waals surface area (Å²) in [7, 11) is 1.87. The van der Waals surface area contributed by atoms with E-state index in [0.29, 0.717) is 18.8 Å². The van der Waals surface area contributed by atoms with Crippen LogP contribution in [0.25, 0.3) is 0 Å². The van der Waals surface area contributed by atoms with Gasteiger partial charge in [0.1, 0.15) is 0 Å². The number of halogens is 3. The molecule has 0 amide bonds. The molecule has 0 radical (unpaired) electrons. The summed E-state index contributed by atoms with van der Waals surface area (Å²) >= 11 is 0. The topological polar surface area (TPSA) is 15.3 Å². The molecule has 1 heterocycles. The molecule has 1 unspecified atom stereocenters. The molecule has 1 aliphatic heterocycles. The number of alkyl halides is 3. The van der Waals surface area contributed by atoms with Crippen molar-refractivity contribution in [3.63, 3.8) is 0 Å². The molecule has 2 nitrogen and oxygen atoms in total. The van der Waals surface area contributed by atoms with Crippen LogP contribution >= 0.6 is 0 Å². The quantitative estimate of drug-likeness (QED) is 0.909. The average Bonchev–Trinajstić information content (AvgIpc) is 2.71. The van der Waals surface area contributed by atoms with Gasteiger partial charge < -0.3 is 10.2 Å². The van der Waals surface area contributed by atoms with E-state index >= 15 is 0 Å². The first-order valence-electron chi connectivity index (χ1n) is 6.41. The van der Waals surface area contributed by atoms with Crippen molar-refractivity contribution in [2.75, 3.05) is 31.6 Å². The number of nitrogens with one attached hydrogen (secondary N) is 1. The van der Waals surface area contributed by atoms with E-state index < -0.39 is 11.7 Å². The van der Waals surface area contributed by atoms with Crippen LogP contribution in [0, 0.1) is 5.41 Å². The molecule has 1 aromatic rings. The Morgan fingerprint density at radius 2 is 2.00 bits per heavy atom. The van der Waals surface area contributed by atoms with Crippen LogP contribution in [0.3, 0.4) is 0 Å². The van der Waals surface area contributed by atoms with Crippen molar-refractivity contribution < 1.29 is 13.2 Å². The van der Waals surface area contributed by atoms with Gasteiger partial charge in [-0.25, -0.2) is 0 Å². The van der Waals surface area contributed by atoms with Gasteiger partial charge in [0.25, 0.3) is 0 Å². The molecule has 1 aliphatic rings. The lowest BCUT2D eigenvalue weighted by Gasteiger charge is -2.27. The molecule has 1 saturated heterocycles. The summed E-state index contributed by atoms with van der Waals surface area (Å²) in [4.78, 5) is 1.85. The summed E-state index contributed by atoms with van der Waals surface area (Å²) < 4.78 is 39.0. The Bertz CT molecular complexity index is 445. The highest BCUT2D eigenvalue weighted by atomic mass is 19.4. The average molecular weight is 272 g/mol. The maximum Gasteiger partial charge on any atom is 0.418 e. The molecule has 1 atom stereocenters. The van der Waals surface area contributed by atoms with E-state index in [-0.39, 0.29) is 5.41 Å². The fourth-order valence-electron chi connectivity index (χ4n) is 2.79. The van der Waals surface area contributed by atoms with Crippen LogP contribution in [0.5, 0.6) is 0 Å². The minimum Gasteiger partial charge on any atom is -0.370 e. The molecule has 106 valence electrons. The second-order valence-electron chi connectivity index (χ2n) is 5.53. The highest BCUT2D eigenvalue weighted by Crippen LogP contribution is 2.40. The van der Waals surface area contributed by atoms with E-state index in [1.165, 1.54) is 6.07 Å². The largest absolute Gasteiger partial charge is 0.418 e. The summed E-state index contributed by atoms with van der Waals surface area (Å²) in [5, 5.41) is 3.12. The van der Waals surface area contributed by atoms with E-state index in [9.17, 15) is 13.2 Å². The molecule has 2 rings (SSSR count). The summed E-state index contributed by atoms with van der Waals surface area (Å²) in [5.74, 6) is 0. The van der Waals surface area contributed by atoms with Gasteiger partial charge in [-0.15, -0.1) is 0 Å². The molecule has 0 saturated carbocycles. The molecule has 19 heavy (non-hydrogen) atoms. The number of anilines is 1. The smallest absolute Gasteiger partial charge is 0.370 e. The Kier molecular flexibility index (Phi) is 3.76. The molecule has 0 spiro atoms. The van der Waals surface area contributed by atoms with Gasteiger partial charge in [0, 0.05) is 25.3 Å². The monoisotopic (exact) mass is 272 g/mol. The molecule has 1 fully saturated rings. The summed E-state index contributed by atoms with van der Waals surface area (Å²) in [6.07, 6.45) is -3.39. The van der Waals surface area contributed by atoms with Crippen molar-refractivity contribution in [2.24, 2.45) is 5.41 Å². The zero-order valence-electron chi connectivity index (χ0n) is 11.2. The minimum absolute atomic E-state index is 0.0352. The SMILES string of the molecule is CNCC1(C)CCN(c2ccccc2C(F)(F)F)C1. The van der Waals surface area contributed by atoms with Crippen molar-refractivity contribution in [3.05, 3.63) is 29.8 Å². The second-order valence-corrected chi connectivity index (χ2v) is 5.53. The number of rotatable bonds is 3. The maximum absolute atomic E-state index is 13.0. The molecule has 1 N–H and O–H groups in total. The van der Waals surface area contributed by atoms with Gasteiger partial charge in [-0.3, -0.25) is 0 Å². The van der Waals surface area contributed by atoms with Crippen LogP contribution in [-0.4, -0.2) is 26.7 Å². The number of nitrogens with zero attached hydrogens (tertiary/aromatic N) is 1. The lowest BCUT2D eigenvalue weighted by atomic mass is 9.90.